The topological polar surface area (TPSA) is 105 Å². The van der Waals surface area contributed by atoms with Gasteiger partial charge in [-0.05, 0) is 0 Å². The highest BCUT2D eigenvalue weighted by Gasteiger charge is 1.97. The van der Waals surface area contributed by atoms with Crippen molar-refractivity contribution in [3.8, 4) is 6.07 Å². The number of hydrogen-bond acceptors (Lipinski definition) is 4. The predicted molar refractivity (Wildman–Crippen MR) is 59.4 cm³/mol. The summed E-state index contributed by atoms with van der Waals surface area (Å²) < 4.78 is 1.54. The Labute approximate surface area is 93.3 Å². The molecule has 0 spiro atoms. The third-order valence-electron chi connectivity index (χ3n) is 1.68. The smallest absolute Gasteiger partial charge is 0.252 e. The van der Waals surface area contributed by atoms with E-state index >= 15 is 0 Å². The van der Waals surface area contributed by atoms with Crippen LogP contribution in [0.15, 0.2) is 24.0 Å². The third kappa shape index (κ3) is 3.79. The minimum atomic E-state index is 0.154. The van der Waals surface area contributed by atoms with Crippen LogP contribution in [-0.4, -0.2) is 33.8 Å². The van der Waals surface area contributed by atoms with Crippen molar-refractivity contribution in [3.63, 3.8) is 0 Å². The first-order valence-corrected chi connectivity index (χ1v) is 4.70. The second kappa shape index (κ2) is 6.19. The molecule has 0 saturated carbocycles. The van der Waals surface area contributed by atoms with Crippen LogP contribution in [0.3, 0.4) is 0 Å². The average molecular weight is 219 g/mol. The minimum Gasteiger partial charge on any atom is -0.370 e. The summed E-state index contributed by atoms with van der Waals surface area (Å²) in [6.45, 7) is 5.14. The molecule has 84 valence electrons. The van der Waals surface area contributed by atoms with Crippen molar-refractivity contribution in [1.29, 1.82) is 5.26 Å². The Kier molecular flexibility index (Phi) is 4.53. The summed E-state index contributed by atoms with van der Waals surface area (Å²) in [4.78, 5) is 7.82. The van der Waals surface area contributed by atoms with Gasteiger partial charge in [0.25, 0.3) is 5.82 Å². The van der Waals surface area contributed by atoms with E-state index in [0.717, 1.165) is 0 Å². The highest BCUT2D eigenvalue weighted by atomic mass is 15.3. The Bertz CT molecular complexity index is 412. The molecule has 0 aliphatic carbocycles. The summed E-state index contributed by atoms with van der Waals surface area (Å²) in [6, 6.07) is 1.85. The molecule has 7 heteroatoms. The van der Waals surface area contributed by atoms with E-state index in [1.54, 1.807) is 10.8 Å². The lowest BCUT2D eigenvalue weighted by molar-refractivity contribution is 0.621. The fraction of sp³-hybridized carbons (Fsp3) is 0.333. The van der Waals surface area contributed by atoms with Gasteiger partial charge in [0.1, 0.15) is 12.4 Å². The first-order valence-electron chi connectivity index (χ1n) is 4.70. The zero-order chi connectivity index (χ0) is 11.8. The molecule has 1 aromatic rings. The lowest BCUT2D eigenvalue weighted by Gasteiger charge is -2.01. The monoisotopic (exact) mass is 219 g/mol. The Morgan fingerprint density at radius 2 is 2.62 bits per heavy atom. The lowest BCUT2D eigenvalue weighted by atomic mass is 10.6. The maximum Gasteiger partial charge on any atom is 0.252 e. The molecule has 16 heavy (non-hydrogen) atoms. The number of aromatic nitrogens is 3. The molecular weight excluding hydrogens is 206 g/mol. The third-order valence-corrected chi connectivity index (χ3v) is 1.68. The Hall–Kier alpha value is -2.36. The molecule has 1 rings (SSSR count). The zero-order valence-electron chi connectivity index (χ0n) is 8.80. The number of aliphatic imine (C=N–C) groups is 1. The van der Waals surface area contributed by atoms with Crippen molar-refractivity contribution in [1.82, 2.24) is 20.1 Å². The van der Waals surface area contributed by atoms with E-state index in [9.17, 15) is 0 Å². The molecule has 0 saturated heterocycles. The highest BCUT2D eigenvalue weighted by Crippen LogP contribution is 1.87. The van der Waals surface area contributed by atoms with Gasteiger partial charge in [-0.15, -0.1) is 11.7 Å². The number of nitriles is 1. The van der Waals surface area contributed by atoms with Crippen LogP contribution in [0.4, 0.5) is 0 Å². The van der Waals surface area contributed by atoms with E-state index in [-0.39, 0.29) is 5.82 Å². The molecule has 0 unspecified atom stereocenters. The zero-order valence-corrected chi connectivity index (χ0v) is 8.80. The Balaban J connectivity index is 2.34. The van der Waals surface area contributed by atoms with E-state index in [0.29, 0.717) is 25.6 Å². The molecule has 3 N–H and O–H groups in total. The molecule has 0 aliphatic heterocycles. The van der Waals surface area contributed by atoms with Crippen LogP contribution < -0.4 is 11.1 Å². The molecule has 0 atom stereocenters. The summed E-state index contributed by atoms with van der Waals surface area (Å²) in [6.07, 6.45) is 3.18. The number of guanidine groups is 1. The molecule has 1 heterocycles. The molecular formula is C9H13N7. The average Bonchev–Trinajstić information content (AvgIpc) is 2.74. The summed E-state index contributed by atoms with van der Waals surface area (Å²) in [5, 5.41) is 15.2. The van der Waals surface area contributed by atoms with Crippen LogP contribution in [0.5, 0.6) is 0 Å². The molecule has 7 nitrogen and oxygen atoms in total. The highest BCUT2D eigenvalue weighted by molar-refractivity contribution is 5.77. The Morgan fingerprint density at radius 1 is 1.81 bits per heavy atom. The van der Waals surface area contributed by atoms with Gasteiger partial charge < -0.3 is 11.1 Å². The predicted octanol–water partition coefficient (Wildman–Crippen LogP) is -0.760. The summed E-state index contributed by atoms with van der Waals surface area (Å²) in [7, 11) is 0. The van der Waals surface area contributed by atoms with Crippen molar-refractivity contribution in [3.05, 3.63) is 24.8 Å². The number of nitrogens with one attached hydrogen (secondary N) is 1. The van der Waals surface area contributed by atoms with Crippen molar-refractivity contribution >= 4 is 5.96 Å². The summed E-state index contributed by atoms with van der Waals surface area (Å²) in [5.41, 5.74) is 5.55. The first-order chi connectivity index (χ1) is 7.76. The lowest BCUT2D eigenvalue weighted by Crippen LogP contribution is -2.32. The second-order valence-electron chi connectivity index (χ2n) is 2.88. The maximum atomic E-state index is 8.51. The van der Waals surface area contributed by atoms with Crippen LogP contribution >= 0.6 is 0 Å². The van der Waals surface area contributed by atoms with E-state index < -0.39 is 0 Å². The van der Waals surface area contributed by atoms with E-state index in [1.165, 1.54) is 6.33 Å². The fourth-order valence-electron chi connectivity index (χ4n) is 0.959. The van der Waals surface area contributed by atoms with Crippen LogP contribution in [0, 0.1) is 11.3 Å². The SMILES string of the molecule is C=CCNC(N)=NCCn1cnc(C#N)n1. The molecule has 0 fully saturated rings. The van der Waals surface area contributed by atoms with Gasteiger partial charge in [-0.3, -0.25) is 4.99 Å². The van der Waals surface area contributed by atoms with Gasteiger partial charge in [0.15, 0.2) is 5.96 Å². The summed E-state index contributed by atoms with van der Waals surface area (Å²) >= 11 is 0. The standard InChI is InChI=1S/C9H13N7/c1-2-3-12-9(11)13-4-5-16-7-14-8(6-10)15-16/h2,7H,1,3-5H2,(H3,11,12,13). The van der Waals surface area contributed by atoms with E-state index in [2.05, 4.69) is 27.0 Å². The van der Waals surface area contributed by atoms with Crippen molar-refractivity contribution in [2.45, 2.75) is 6.54 Å². The van der Waals surface area contributed by atoms with Crippen molar-refractivity contribution in [2.24, 2.45) is 10.7 Å². The fourth-order valence-corrected chi connectivity index (χ4v) is 0.959. The molecule has 0 aromatic carbocycles. The first kappa shape index (κ1) is 11.7. The second-order valence-corrected chi connectivity index (χ2v) is 2.88. The molecule has 0 bridgehead atoms. The maximum absolute atomic E-state index is 8.51. The number of hydrogen-bond donors (Lipinski definition) is 2. The Morgan fingerprint density at radius 3 is 3.25 bits per heavy atom. The van der Waals surface area contributed by atoms with Gasteiger partial charge >= 0.3 is 0 Å². The van der Waals surface area contributed by atoms with Gasteiger partial charge in [-0.1, -0.05) is 6.08 Å². The molecule has 0 aliphatic rings. The minimum absolute atomic E-state index is 0.154. The molecule has 0 radical (unpaired) electrons. The molecule has 0 amide bonds. The van der Waals surface area contributed by atoms with E-state index in [1.807, 2.05) is 6.07 Å². The number of rotatable bonds is 5. The number of nitrogens with zero attached hydrogens (tertiary/aromatic N) is 5. The van der Waals surface area contributed by atoms with Gasteiger partial charge in [0.05, 0.1) is 13.1 Å². The largest absolute Gasteiger partial charge is 0.370 e. The van der Waals surface area contributed by atoms with Gasteiger partial charge in [0.2, 0.25) is 0 Å². The quantitative estimate of drug-likeness (QED) is 0.385. The number of nitrogens with two attached hydrogens (primary N) is 1. The van der Waals surface area contributed by atoms with Gasteiger partial charge in [-0.2, -0.15) is 5.26 Å². The van der Waals surface area contributed by atoms with Crippen LogP contribution in [0.2, 0.25) is 0 Å². The van der Waals surface area contributed by atoms with Gasteiger partial charge in [-0.25, -0.2) is 9.67 Å². The summed E-state index contributed by atoms with van der Waals surface area (Å²) in [5.74, 6) is 0.516. The van der Waals surface area contributed by atoms with E-state index in [4.69, 9.17) is 11.0 Å². The van der Waals surface area contributed by atoms with Gasteiger partial charge in [0, 0.05) is 6.54 Å². The van der Waals surface area contributed by atoms with Crippen LogP contribution in [0.1, 0.15) is 5.82 Å². The van der Waals surface area contributed by atoms with Crippen LogP contribution in [0.25, 0.3) is 0 Å². The van der Waals surface area contributed by atoms with Crippen molar-refractivity contribution in [2.75, 3.05) is 13.1 Å². The molecule has 1 aromatic heterocycles. The van der Waals surface area contributed by atoms with Crippen molar-refractivity contribution < 1.29 is 0 Å². The normalized spacial score (nSPS) is 10.8. The van der Waals surface area contributed by atoms with Crippen LogP contribution in [-0.2, 0) is 6.54 Å².